The van der Waals surface area contributed by atoms with E-state index in [0.29, 0.717) is 29.2 Å². The highest BCUT2D eigenvalue weighted by Crippen LogP contribution is 2.22. The van der Waals surface area contributed by atoms with Crippen LogP contribution in [0.3, 0.4) is 0 Å². The van der Waals surface area contributed by atoms with Crippen molar-refractivity contribution >= 4 is 17.4 Å². The number of benzene rings is 3. The molecular weight excluding hydrogens is 391 g/mol. The third kappa shape index (κ3) is 5.30. The van der Waals surface area contributed by atoms with E-state index in [4.69, 9.17) is 0 Å². The van der Waals surface area contributed by atoms with E-state index in [1.807, 2.05) is 43.3 Å². The van der Waals surface area contributed by atoms with Gasteiger partial charge in [-0.15, -0.1) is 0 Å². The van der Waals surface area contributed by atoms with E-state index in [9.17, 15) is 9.18 Å². The van der Waals surface area contributed by atoms with Crippen molar-refractivity contribution in [3.8, 4) is 11.3 Å². The first-order chi connectivity index (χ1) is 15.1. The molecule has 4 rings (SSSR count). The Bertz CT molecular complexity index is 1210. The van der Waals surface area contributed by atoms with E-state index in [0.717, 1.165) is 16.8 Å². The molecule has 1 heterocycles. The van der Waals surface area contributed by atoms with Crippen LogP contribution in [-0.2, 0) is 6.54 Å². The number of carbonyl (C=O) groups excluding carboxylic acids is 1. The second-order valence-corrected chi connectivity index (χ2v) is 7.17. The number of amides is 1. The van der Waals surface area contributed by atoms with Crippen molar-refractivity contribution in [2.75, 3.05) is 5.32 Å². The third-order valence-electron chi connectivity index (χ3n) is 4.74. The minimum Gasteiger partial charge on any atom is -0.348 e. The first-order valence-electron chi connectivity index (χ1n) is 9.86. The summed E-state index contributed by atoms with van der Waals surface area (Å²) in [5.74, 6) is 0.122. The minimum atomic E-state index is -0.318. The van der Waals surface area contributed by atoms with Gasteiger partial charge < -0.3 is 10.6 Å². The standard InChI is InChI=1S/C25H21FN4O/c1-17-4-2-5-18(12-17)15-27-25(31)19-8-10-22(11-9-19)30-24-14-23(28-16-29-24)20-6-3-7-21(26)13-20/h2-14,16H,15H2,1H3,(H,27,31)(H,28,29,30). The van der Waals surface area contributed by atoms with Crippen molar-refractivity contribution in [3.63, 3.8) is 0 Å². The highest BCUT2D eigenvalue weighted by molar-refractivity contribution is 5.94. The molecule has 2 N–H and O–H groups in total. The summed E-state index contributed by atoms with van der Waals surface area (Å²) in [5, 5.41) is 6.11. The molecule has 1 aromatic heterocycles. The van der Waals surface area contributed by atoms with Crippen LogP contribution >= 0.6 is 0 Å². The molecule has 1 amide bonds. The smallest absolute Gasteiger partial charge is 0.251 e. The summed E-state index contributed by atoms with van der Waals surface area (Å²) in [7, 11) is 0. The van der Waals surface area contributed by atoms with Crippen LogP contribution in [0.1, 0.15) is 21.5 Å². The molecule has 0 spiro atoms. The molecule has 0 aliphatic rings. The number of hydrogen-bond donors (Lipinski definition) is 2. The topological polar surface area (TPSA) is 66.9 Å². The van der Waals surface area contributed by atoms with Crippen LogP contribution in [0.4, 0.5) is 15.9 Å². The van der Waals surface area contributed by atoms with Gasteiger partial charge in [0.05, 0.1) is 5.69 Å². The van der Waals surface area contributed by atoms with Gasteiger partial charge in [0.2, 0.25) is 0 Å². The largest absolute Gasteiger partial charge is 0.348 e. The quantitative estimate of drug-likeness (QED) is 0.453. The molecule has 31 heavy (non-hydrogen) atoms. The number of aromatic nitrogens is 2. The number of nitrogens with one attached hydrogen (secondary N) is 2. The number of aryl methyl sites for hydroxylation is 1. The second kappa shape index (κ2) is 9.17. The summed E-state index contributed by atoms with van der Waals surface area (Å²) in [5.41, 5.74) is 4.85. The molecule has 154 valence electrons. The Balaban J connectivity index is 1.40. The average molecular weight is 412 g/mol. The molecule has 4 aromatic rings. The molecule has 0 atom stereocenters. The zero-order valence-corrected chi connectivity index (χ0v) is 17.0. The van der Waals surface area contributed by atoms with Gasteiger partial charge in [-0.3, -0.25) is 4.79 Å². The van der Waals surface area contributed by atoms with Crippen molar-refractivity contribution in [1.29, 1.82) is 0 Å². The monoisotopic (exact) mass is 412 g/mol. The SMILES string of the molecule is Cc1cccc(CNC(=O)c2ccc(Nc3cc(-c4cccc(F)c4)ncn3)cc2)c1. The summed E-state index contributed by atoms with van der Waals surface area (Å²) < 4.78 is 13.5. The zero-order chi connectivity index (χ0) is 21.6. The number of carbonyl (C=O) groups is 1. The molecule has 3 aromatic carbocycles. The minimum absolute atomic E-state index is 0.136. The van der Waals surface area contributed by atoms with E-state index >= 15 is 0 Å². The lowest BCUT2D eigenvalue weighted by molar-refractivity contribution is 0.0951. The Morgan fingerprint density at radius 1 is 0.935 bits per heavy atom. The van der Waals surface area contributed by atoms with Gasteiger partial charge in [-0.25, -0.2) is 14.4 Å². The fourth-order valence-corrected chi connectivity index (χ4v) is 3.19. The normalized spacial score (nSPS) is 10.5. The second-order valence-electron chi connectivity index (χ2n) is 7.17. The molecular formula is C25H21FN4O. The summed E-state index contributed by atoms with van der Waals surface area (Å²) in [6.45, 7) is 2.50. The summed E-state index contributed by atoms with van der Waals surface area (Å²) in [6, 6.07) is 23.2. The summed E-state index contributed by atoms with van der Waals surface area (Å²) in [6.07, 6.45) is 1.43. The molecule has 5 nitrogen and oxygen atoms in total. The Morgan fingerprint density at radius 3 is 2.52 bits per heavy atom. The van der Waals surface area contributed by atoms with Crippen LogP contribution in [0.2, 0.25) is 0 Å². The maximum absolute atomic E-state index is 13.5. The van der Waals surface area contributed by atoms with E-state index in [1.165, 1.54) is 18.5 Å². The Morgan fingerprint density at radius 2 is 1.74 bits per heavy atom. The number of nitrogens with zero attached hydrogens (tertiary/aromatic N) is 2. The van der Waals surface area contributed by atoms with Gasteiger partial charge >= 0.3 is 0 Å². The van der Waals surface area contributed by atoms with Gasteiger partial charge in [-0.1, -0.05) is 42.0 Å². The molecule has 6 heteroatoms. The molecule has 0 saturated heterocycles. The number of halogens is 1. The van der Waals surface area contributed by atoms with Gasteiger partial charge in [-0.2, -0.15) is 0 Å². The van der Waals surface area contributed by atoms with Crippen LogP contribution in [0, 0.1) is 12.7 Å². The van der Waals surface area contributed by atoms with Gasteiger partial charge in [0.1, 0.15) is 18.0 Å². The van der Waals surface area contributed by atoms with Gasteiger partial charge in [0, 0.05) is 29.4 Å². The van der Waals surface area contributed by atoms with Crippen molar-refractivity contribution in [2.24, 2.45) is 0 Å². The van der Waals surface area contributed by atoms with Crippen molar-refractivity contribution < 1.29 is 9.18 Å². The number of rotatable bonds is 6. The lowest BCUT2D eigenvalue weighted by Gasteiger charge is -2.09. The van der Waals surface area contributed by atoms with E-state index in [2.05, 4.69) is 20.6 Å². The highest BCUT2D eigenvalue weighted by atomic mass is 19.1. The Hall–Kier alpha value is -4.06. The Labute approximate surface area is 180 Å². The van der Waals surface area contributed by atoms with Crippen LogP contribution in [0.25, 0.3) is 11.3 Å². The fourth-order valence-electron chi connectivity index (χ4n) is 3.19. The van der Waals surface area contributed by atoms with Crippen molar-refractivity contribution in [1.82, 2.24) is 15.3 Å². The summed E-state index contributed by atoms with van der Waals surface area (Å²) >= 11 is 0. The first-order valence-corrected chi connectivity index (χ1v) is 9.86. The predicted molar refractivity (Wildman–Crippen MR) is 119 cm³/mol. The van der Waals surface area contributed by atoms with E-state index in [1.54, 1.807) is 30.3 Å². The van der Waals surface area contributed by atoms with Crippen LogP contribution in [0.15, 0.2) is 85.2 Å². The molecule has 0 aliphatic carbocycles. The van der Waals surface area contributed by atoms with Gasteiger partial charge in [-0.05, 0) is 48.9 Å². The van der Waals surface area contributed by atoms with E-state index < -0.39 is 0 Å². The molecule has 0 radical (unpaired) electrons. The highest BCUT2D eigenvalue weighted by Gasteiger charge is 2.07. The molecule has 0 unspecified atom stereocenters. The number of anilines is 2. The lowest BCUT2D eigenvalue weighted by Crippen LogP contribution is -2.22. The van der Waals surface area contributed by atoms with Crippen molar-refractivity contribution in [3.05, 3.63) is 108 Å². The molecule has 0 fully saturated rings. The van der Waals surface area contributed by atoms with Crippen molar-refractivity contribution in [2.45, 2.75) is 13.5 Å². The molecule has 0 aliphatic heterocycles. The van der Waals surface area contributed by atoms with Crippen LogP contribution in [-0.4, -0.2) is 15.9 Å². The average Bonchev–Trinajstić information content (AvgIpc) is 2.78. The third-order valence-corrected chi connectivity index (χ3v) is 4.74. The summed E-state index contributed by atoms with van der Waals surface area (Å²) in [4.78, 5) is 20.8. The fraction of sp³-hybridized carbons (Fsp3) is 0.0800. The molecule has 0 bridgehead atoms. The maximum atomic E-state index is 13.5. The number of hydrogen-bond acceptors (Lipinski definition) is 4. The lowest BCUT2D eigenvalue weighted by atomic mass is 10.1. The first kappa shape index (κ1) is 20.2. The Kier molecular flexibility index (Phi) is 5.98. The maximum Gasteiger partial charge on any atom is 0.251 e. The van der Waals surface area contributed by atoms with E-state index in [-0.39, 0.29) is 11.7 Å². The van der Waals surface area contributed by atoms with Crippen LogP contribution < -0.4 is 10.6 Å². The predicted octanol–water partition coefficient (Wildman–Crippen LogP) is 5.26. The van der Waals surface area contributed by atoms with Gasteiger partial charge in [0.15, 0.2) is 0 Å². The van der Waals surface area contributed by atoms with Gasteiger partial charge in [0.25, 0.3) is 5.91 Å². The van der Waals surface area contributed by atoms with Crippen LogP contribution in [0.5, 0.6) is 0 Å². The zero-order valence-electron chi connectivity index (χ0n) is 17.0. The molecule has 0 saturated carbocycles.